The predicted octanol–water partition coefficient (Wildman–Crippen LogP) is 1.42. The molecule has 0 N–H and O–H groups in total. The Morgan fingerprint density at radius 2 is 1.79 bits per heavy atom. The number of hydrogen-bond donors (Lipinski definition) is 0. The molecule has 154 valence electrons. The van der Waals surface area contributed by atoms with E-state index in [2.05, 4.69) is 0 Å². The third kappa shape index (κ3) is 4.93. The van der Waals surface area contributed by atoms with Crippen LogP contribution in [-0.4, -0.2) is 57.2 Å². The summed E-state index contributed by atoms with van der Waals surface area (Å²) in [5, 5.41) is 0. The summed E-state index contributed by atoms with van der Waals surface area (Å²) in [6, 6.07) is 15.8. The van der Waals surface area contributed by atoms with Crippen molar-refractivity contribution in [2.24, 2.45) is 0 Å². The van der Waals surface area contributed by atoms with Crippen LogP contribution in [0, 0.1) is 0 Å². The number of rotatable bonds is 6. The maximum Gasteiger partial charge on any atom is 0.348 e. The zero-order valence-corrected chi connectivity index (χ0v) is 17.0. The Hall–Kier alpha value is -2.91. The van der Waals surface area contributed by atoms with Crippen molar-refractivity contribution in [3.05, 3.63) is 60.2 Å². The van der Waals surface area contributed by atoms with Crippen LogP contribution in [0.5, 0.6) is 5.75 Å². The zero-order chi connectivity index (χ0) is 21.0. The Kier molecular flexibility index (Phi) is 6.19. The molecule has 0 saturated carbocycles. The van der Waals surface area contributed by atoms with Gasteiger partial charge in [0.15, 0.2) is 0 Å². The molecule has 0 fully saturated rings. The number of carbonyl (C=O) groups is 2. The van der Waals surface area contributed by atoms with Crippen molar-refractivity contribution in [2.75, 3.05) is 31.4 Å². The minimum atomic E-state index is -3.65. The van der Waals surface area contributed by atoms with Crippen molar-refractivity contribution in [1.82, 2.24) is 4.31 Å². The van der Waals surface area contributed by atoms with E-state index in [1.54, 1.807) is 48.5 Å². The number of ether oxygens (including phenoxy) is 2. The summed E-state index contributed by atoms with van der Waals surface area (Å²) in [7, 11) is -2.41. The lowest BCUT2D eigenvalue weighted by atomic mass is 10.2. The van der Waals surface area contributed by atoms with Crippen LogP contribution in [-0.2, 0) is 30.9 Å². The lowest BCUT2D eigenvalue weighted by Gasteiger charge is -2.34. The van der Waals surface area contributed by atoms with Gasteiger partial charge in [-0.2, -0.15) is 4.31 Å². The number of benzene rings is 2. The number of sulfonamides is 1. The van der Waals surface area contributed by atoms with Gasteiger partial charge in [-0.3, -0.25) is 4.79 Å². The predicted molar refractivity (Wildman–Crippen MR) is 107 cm³/mol. The number of nitrogens with zero attached hydrogens (tertiary/aromatic N) is 2. The molecule has 1 aliphatic heterocycles. The van der Waals surface area contributed by atoms with Crippen molar-refractivity contribution >= 4 is 27.6 Å². The van der Waals surface area contributed by atoms with E-state index in [4.69, 9.17) is 9.47 Å². The Bertz CT molecular complexity index is 993. The fourth-order valence-electron chi connectivity index (χ4n) is 3.04. The quantitative estimate of drug-likeness (QED) is 0.659. The highest BCUT2D eigenvalue weighted by Crippen LogP contribution is 2.33. The molecule has 0 aromatic heterocycles. The second kappa shape index (κ2) is 8.62. The monoisotopic (exact) mass is 418 g/mol. The first-order valence-electron chi connectivity index (χ1n) is 8.92. The SMILES string of the molecule is COC(=O)[C@@H]1CN(C(=O)CN(Cc2ccccc2)S(C)(=O)=O)c2ccccc2O1. The van der Waals surface area contributed by atoms with Gasteiger partial charge < -0.3 is 14.4 Å². The molecule has 2 aromatic carbocycles. The molecule has 1 atom stereocenters. The fourth-order valence-corrected chi connectivity index (χ4v) is 3.77. The molecule has 0 radical (unpaired) electrons. The van der Waals surface area contributed by atoms with Gasteiger partial charge >= 0.3 is 5.97 Å². The summed E-state index contributed by atoms with van der Waals surface area (Å²) in [5.41, 5.74) is 1.24. The first-order chi connectivity index (χ1) is 13.8. The van der Waals surface area contributed by atoms with Gasteiger partial charge in [0, 0.05) is 6.54 Å². The van der Waals surface area contributed by atoms with Gasteiger partial charge in [-0.05, 0) is 17.7 Å². The highest BCUT2D eigenvalue weighted by molar-refractivity contribution is 7.88. The van der Waals surface area contributed by atoms with E-state index >= 15 is 0 Å². The molecule has 1 amide bonds. The third-order valence-electron chi connectivity index (χ3n) is 4.52. The molecule has 0 unspecified atom stereocenters. The van der Waals surface area contributed by atoms with Crippen molar-refractivity contribution in [3.63, 3.8) is 0 Å². The lowest BCUT2D eigenvalue weighted by Crippen LogP contribution is -2.50. The topological polar surface area (TPSA) is 93.2 Å². The maximum atomic E-state index is 13.1. The highest BCUT2D eigenvalue weighted by Gasteiger charge is 2.35. The number of para-hydroxylation sites is 2. The Morgan fingerprint density at radius 3 is 2.45 bits per heavy atom. The molecular weight excluding hydrogens is 396 g/mol. The number of methoxy groups -OCH3 is 1. The molecule has 29 heavy (non-hydrogen) atoms. The van der Waals surface area contributed by atoms with Crippen molar-refractivity contribution in [2.45, 2.75) is 12.6 Å². The summed E-state index contributed by atoms with van der Waals surface area (Å²) < 4.78 is 36.0. The molecule has 3 rings (SSSR count). The molecule has 9 heteroatoms. The van der Waals surface area contributed by atoms with Gasteiger partial charge in [0.25, 0.3) is 0 Å². The van der Waals surface area contributed by atoms with Gasteiger partial charge in [0.05, 0.1) is 32.1 Å². The first-order valence-corrected chi connectivity index (χ1v) is 10.8. The summed E-state index contributed by atoms with van der Waals surface area (Å²) in [5.74, 6) is -0.714. The molecule has 8 nitrogen and oxygen atoms in total. The van der Waals surface area contributed by atoms with Crippen molar-refractivity contribution in [1.29, 1.82) is 0 Å². The van der Waals surface area contributed by atoms with Crippen LogP contribution in [0.3, 0.4) is 0 Å². The summed E-state index contributed by atoms with van der Waals surface area (Å²) in [6.07, 6.45) is 0.0768. The molecule has 0 bridgehead atoms. The molecule has 1 heterocycles. The first kappa shape index (κ1) is 20.8. The average Bonchev–Trinajstić information content (AvgIpc) is 2.71. The second-order valence-electron chi connectivity index (χ2n) is 6.62. The zero-order valence-electron chi connectivity index (χ0n) is 16.1. The van der Waals surface area contributed by atoms with Crippen LogP contribution in [0.4, 0.5) is 5.69 Å². The highest BCUT2D eigenvalue weighted by atomic mass is 32.2. The van der Waals surface area contributed by atoms with Crippen molar-refractivity contribution < 1.29 is 27.5 Å². The second-order valence-corrected chi connectivity index (χ2v) is 8.60. The van der Waals surface area contributed by atoms with Gasteiger partial charge in [-0.25, -0.2) is 13.2 Å². The summed E-state index contributed by atoms with van der Waals surface area (Å²) in [4.78, 5) is 26.4. The van der Waals surface area contributed by atoms with Crippen LogP contribution >= 0.6 is 0 Å². The van der Waals surface area contributed by atoms with Gasteiger partial charge in [-0.15, -0.1) is 0 Å². The Labute approximate surface area is 169 Å². The van der Waals surface area contributed by atoms with Gasteiger partial charge in [-0.1, -0.05) is 42.5 Å². The fraction of sp³-hybridized carbons (Fsp3) is 0.300. The molecule has 0 aliphatic carbocycles. The van der Waals surface area contributed by atoms with Crippen LogP contribution in [0.25, 0.3) is 0 Å². The Balaban J connectivity index is 1.86. The smallest absolute Gasteiger partial charge is 0.348 e. The molecule has 0 spiro atoms. The lowest BCUT2D eigenvalue weighted by molar-refractivity contribution is -0.148. The minimum absolute atomic E-state index is 0.0640. The average molecular weight is 418 g/mol. The minimum Gasteiger partial charge on any atom is -0.475 e. The molecule has 0 saturated heterocycles. The van der Waals surface area contributed by atoms with E-state index in [0.29, 0.717) is 11.4 Å². The number of hydrogen-bond acceptors (Lipinski definition) is 6. The van der Waals surface area contributed by atoms with E-state index in [0.717, 1.165) is 16.1 Å². The number of amides is 1. The van der Waals surface area contributed by atoms with Crippen molar-refractivity contribution in [3.8, 4) is 5.75 Å². The van der Waals surface area contributed by atoms with Crippen LogP contribution in [0.1, 0.15) is 5.56 Å². The third-order valence-corrected chi connectivity index (χ3v) is 5.72. The van der Waals surface area contributed by atoms with Gasteiger partial charge in [0.1, 0.15) is 5.75 Å². The summed E-state index contributed by atoms with van der Waals surface area (Å²) >= 11 is 0. The molecular formula is C20H22N2O6S. The van der Waals surface area contributed by atoms with E-state index in [9.17, 15) is 18.0 Å². The Morgan fingerprint density at radius 1 is 1.14 bits per heavy atom. The van der Waals surface area contributed by atoms with Crippen LogP contribution in [0.15, 0.2) is 54.6 Å². The number of carbonyl (C=O) groups excluding carboxylic acids is 2. The standard InChI is InChI=1S/C20H22N2O6S/c1-27-20(24)18-13-22(16-10-6-7-11-17(16)28-18)19(23)14-21(29(2,25)26)12-15-8-4-3-5-9-15/h3-11,18H,12-14H2,1-2H3/t18-/m0/s1. The summed E-state index contributed by atoms with van der Waals surface area (Å²) in [6.45, 7) is -0.362. The number of anilines is 1. The van der Waals surface area contributed by atoms with E-state index in [-0.39, 0.29) is 19.6 Å². The van der Waals surface area contributed by atoms with Crippen LogP contribution in [0.2, 0.25) is 0 Å². The normalized spacial score (nSPS) is 16.1. The number of fused-ring (bicyclic) bond motifs is 1. The van der Waals surface area contributed by atoms with Gasteiger partial charge in [0.2, 0.25) is 22.0 Å². The van der Waals surface area contributed by atoms with Crippen LogP contribution < -0.4 is 9.64 Å². The van der Waals surface area contributed by atoms with E-state index < -0.39 is 28.0 Å². The molecule has 1 aliphatic rings. The van der Waals surface area contributed by atoms with E-state index in [1.807, 2.05) is 6.07 Å². The molecule has 2 aromatic rings. The largest absolute Gasteiger partial charge is 0.475 e. The van der Waals surface area contributed by atoms with E-state index in [1.165, 1.54) is 12.0 Å². The maximum absolute atomic E-state index is 13.1. The number of esters is 1.